The van der Waals surface area contributed by atoms with Gasteiger partial charge in [-0.3, -0.25) is 4.79 Å². The zero-order valence-electron chi connectivity index (χ0n) is 12.0. The second kappa shape index (κ2) is 6.69. The van der Waals surface area contributed by atoms with Crippen molar-refractivity contribution in [2.45, 2.75) is 36.7 Å². The van der Waals surface area contributed by atoms with Gasteiger partial charge in [-0.2, -0.15) is 0 Å². The number of ether oxygens (including phenoxy) is 1. The molecular formula is C13H21N3O2S2. The predicted octanol–water partition coefficient (Wildman–Crippen LogP) is 2.39. The average Bonchev–Trinajstić information content (AvgIpc) is 3.14. The van der Waals surface area contributed by atoms with Crippen LogP contribution in [0.1, 0.15) is 29.4 Å². The van der Waals surface area contributed by atoms with E-state index < -0.39 is 0 Å². The molecule has 1 aliphatic carbocycles. The van der Waals surface area contributed by atoms with Gasteiger partial charge in [-0.1, -0.05) is 0 Å². The number of methoxy groups -OCH3 is 1. The normalized spacial score (nSPS) is 15.9. The van der Waals surface area contributed by atoms with Crippen LogP contribution < -0.4 is 16.4 Å². The van der Waals surface area contributed by atoms with E-state index in [1.165, 1.54) is 11.3 Å². The monoisotopic (exact) mass is 315 g/mol. The number of hydrogen-bond acceptors (Lipinski definition) is 6. The van der Waals surface area contributed by atoms with E-state index in [4.69, 9.17) is 10.5 Å². The highest BCUT2D eigenvalue weighted by molar-refractivity contribution is 7.99. The fraction of sp³-hybridized carbons (Fsp3) is 0.615. The van der Waals surface area contributed by atoms with Crippen molar-refractivity contribution >= 4 is 39.7 Å². The number of thioether (sulfide) groups is 1. The first kappa shape index (κ1) is 15.5. The Balaban J connectivity index is 2.16. The van der Waals surface area contributed by atoms with Crippen molar-refractivity contribution in [3.63, 3.8) is 0 Å². The fourth-order valence-corrected chi connectivity index (χ4v) is 3.93. The van der Waals surface area contributed by atoms with Gasteiger partial charge in [-0.15, -0.1) is 23.1 Å². The van der Waals surface area contributed by atoms with Crippen LogP contribution in [0.15, 0.2) is 4.90 Å². The van der Waals surface area contributed by atoms with E-state index in [2.05, 4.69) is 10.6 Å². The molecule has 1 aromatic heterocycles. The van der Waals surface area contributed by atoms with Gasteiger partial charge in [0.05, 0.1) is 17.2 Å². The van der Waals surface area contributed by atoms with E-state index in [1.807, 2.05) is 13.2 Å². The molecule has 2 rings (SSSR count). The first-order valence-electron chi connectivity index (χ1n) is 6.59. The minimum atomic E-state index is -0.0576. The maximum Gasteiger partial charge on any atom is 0.263 e. The van der Waals surface area contributed by atoms with Crippen molar-refractivity contribution in [1.82, 2.24) is 5.32 Å². The maximum absolute atomic E-state index is 12.2. The van der Waals surface area contributed by atoms with Crippen molar-refractivity contribution < 1.29 is 9.53 Å². The number of amides is 1. The molecule has 1 aliphatic rings. The van der Waals surface area contributed by atoms with Gasteiger partial charge in [-0.05, 0) is 26.0 Å². The van der Waals surface area contributed by atoms with Crippen LogP contribution >= 0.6 is 23.1 Å². The first-order chi connectivity index (χ1) is 9.56. The molecule has 1 aromatic rings. The Morgan fingerprint density at radius 2 is 2.30 bits per heavy atom. The Morgan fingerprint density at radius 3 is 2.85 bits per heavy atom. The summed E-state index contributed by atoms with van der Waals surface area (Å²) in [5.41, 5.74) is 6.70. The van der Waals surface area contributed by atoms with Gasteiger partial charge in [0.25, 0.3) is 5.91 Å². The average molecular weight is 315 g/mol. The standard InChI is InChI=1S/C13H21N3O2S2/c1-7(6-18-2)15-13-11(19-3)9(14)10(20-13)12(17)16-8-4-5-8/h7-8,15H,4-6,14H2,1-3H3,(H,16,17). The van der Waals surface area contributed by atoms with Gasteiger partial charge in [0.2, 0.25) is 0 Å². The van der Waals surface area contributed by atoms with Crippen LogP contribution in [0.4, 0.5) is 10.7 Å². The number of nitrogen functional groups attached to an aromatic ring is 1. The third-order valence-electron chi connectivity index (χ3n) is 3.02. The summed E-state index contributed by atoms with van der Waals surface area (Å²) in [7, 11) is 1.67. The predicted molar refractivity (Wildman–Crippen MR) is 86.0 cm³/mol. The Kier molecular flexibility index (Phi) is 5.17. The summed E-state index contributed by atoms with van der Waals surface area (Å²) in [6, 6.07) is 0.508. The molecule has 1 fully saturated rings. The maximum atomic E-state index is 12.2. The Hall–Kier alpha value is -0.920. The van der Waals surface area contributed by atoms with Crippen molar-refractivity contribution in [3.05, 3.63) is 4.88 Å². The second-order valence-electron chi connectivity index (χ2n) is 4.96. The van der Waals surface area contributed by atoms with E-state index in [1.54, 1.807) is 18.9 Å². The Labute approximate surface area is 127 Å². The zero-order valence-corrected chi connectivity index (χ0v) is 13.6. The number of nitrogens with two attached hydrogens (primary N) is 1. The molecule has 112 valence electrons. The van der Waals surface area contributed by atoms with Gasteiger partial charge >= 0.3 is 0 Å². The molecule has 0 spiro atoms. The van der Waals surface area contributed by atoms with Gasteiger partial charge in [0.1, 0.15) is 9.88 Å². The lowest BCUT2D eigenvalue weighted by Crippen LogP contribution is -2.25. The van der Waals surface area contributed by atoms with Crippen molar-refractivity contribution in [1.29, 1.82) is 0 Å². The topological polar surface area (TPSA) is 76.4 Å². The van der Waals surface area contributed by atoms with Crippen LogP contribution in [-0.2, 0) is 4.74 Å². The van der Waals surface area contributed by atoms with Crippen LogP contribution in [0, 0.1) is 0 Å². The highest BCUT2D eigenvalue weighted by Crippen LogP contribution is 2.42. The Bertz CT molecular complexity index is 486. The van der Waals surface area contributed by atoms with Crippen LogP contribution in [0.5, 0.6) is 0 Å². The minimum absolute atomic E-state index is 0.0576. The second-order valence-corrected chi connectivity index (χ2v) is 6.79. The molecule has 4 N–H and O–H groups in total. The number of carbonyl (C=O) groups is 1. The lowest BCUT2D eigenvalue weighted by molar-refractivity contribution is 0.0956. The molecule has 1 unspecified atom stereocenters. The molecule has 1 atom stereocenters. The van der Waals surface area contributed by atoms with Crippen LogP contribution in [0.2, 0.25) is 0 Å². The first-order valence-corrected chi connectivity index (χ1v) is 8.63. The SMILES string of the molecule is COCC(C)Nc1sc(C(=O)NC2CC2)c(N)c1SC. The summed E-state index contributed by atoms with van der Waals surface area (Å²) in [5, 5.41) is 7.29. The number of rotatable bonds is 7. The van der Waals surface area contributed by atoms with E-state index in [0.717, 1.165) is 22.7 Å². The number of thiophene rings is 1. The summed E-state index contributed by atoms with van der Waals surface area (Å²) >= 11 is 2.98. The molecule has 7 heteroatoms. The number of carbonyl (C=O) groups excluding carboxylic acids is 1. The molecule has 0 bridgehead atoms. The number of anilines is 2. The van der Waals surface area contributed by atoms with E-state index in [0.29, 0.717) is 23.2 Å². The highest BCUT2D eigenvalue weighted by Gasteiger charge is 2.27. The van der Waals surface area contributed by atoms with Crippen LogP contribution in [0.3, 0.4) is 0 Å². The lowest BCUT2D eigenvalue weighted by Gasteiger charge is -2.13. The summed E-state index contributed by atoms with van der Waals surface area (Å²) in [5.74, 6) is -0.0576. The van der Waals surface area contributed by atoms with Crippen molar-refractivity contribution in [3.8, 4) is 0 Å². The minimum Gasteiger partial charge on any atom is -0.396 e. The third kappa shape index (κ3) is 3.59. The lowest BCUT2D eigenvalue weighted by atomic mass is 10.3. The molecule has 0 radical (unpaired) electrons. The van der Waals surface area contributed by atoms with Gasteiger partial charge in [0, 0.05) is 19.2 Å². The van der Waals surface area contributed by atoms with E-state index in [-0.39, 0.29) is 11.9 Å². The quantitative estimate of drug-likeness (QED) is 0.674. The molecule has 1 saturated carbocycles. The zero-order chi connectivity index (χ0) is 14.7. The molecule has 0 saturated heterocycles. The summed E-state index contributed by atoms with van der Waals surface area (Å²) < 4.78 is 5.12. The smallest absolute Gasteiger partial charge is 0.263 e. The Morgan fingerprint density at radius 1 is 1.60 bits per heavy atom. The molecule has 20 heavy (non-hydrogen) atoms. The highest BCUT2D eigenvalue weighted by atomic mass is 32.2. The van der Waals surface area contributed by atoms with Gasteiger partial charge in [0.15, 0.2) is 0 Å². The largest absolute Gasteiger partial charge is 0.396 e. The summed E-state index contributed by atoms with van der Waals surface area (Å²) in [6.45, 7) is 2.64. The van der Waals surface area contributed by atoms with Gasteiger partial charge in [-0.25, -0.2) is 0 Å². The van der Waals surface area contributed by atoms with Crippen molar-refractivity contribution in [2.75, 3.05) is 31.0 Å². The van der Waals surface area contributed by atoms with E-state index >= 15 is 0 Å². The summed E-state index contributed by atoms with van der Waals surface area (Å²) in [6.07, 6.45) is 4.11. The third-order valence-corrected chi connectivity index (χ3v) is 5.11. The number of nitrogens with one attached hydrogen (secondary N) is 2. The summed E-state index contributed by atoms with van der Waals surface area (Å²) in [4.78, 5) is 13.7. The molecular weight excluding hydrogens is 294 g/mol. The molecule has 0 aromatic carbocycles. The van der Waals surface area contributed by atoms with Gasteiger partial charge < -0.3 is 21.1 Å². The van der Waals surface area contributed by atoms with Crippen molar-refractivity contribution in [2.24, 2.45) is 0 Å². The fourth-order valence-electron chi connectivity index (χ4n) is 1.89. The van der Waals surface area contributed by atoms with Crippen LogP contribution in [-0.4, -0.2) is 38.0 Å². The molecule has 1 heterocycles. The molecule has 5 nitrogen and oxygen atoms in total. The molecule has 0 aliphatic heterocycles. The van der Waals surface area contributed by atoms with Crippen LogP contribution in [0.25, 0.3) is 0 Å². The number of hydrogen-bond donors (Lipinski definition) is 3. The van der Waals surface area contributed by atoms with E-state index in [9.17, 15) is 4.79 Å². The molecule has 1 amide bonds.